The summed E-state index contributed by atoms with van der Waals surface area (Å²) in [6.07, 6.45) is 1.63. The average molecular weight is 508 g/mol. The molecule has 5 aromatic rings. The van der Waals surface area contributed by atoms with Gasteiger partial charge in [-0.1, -0.05) is 18.2 Å². The normalized spacial score (nSPS) is 11.2. The van der Waals surface area contributed by atoms with Crippen LogP contribution < -0.4 is 4.74 Å². The Balaban J connectivity index is 1.37. The van der Waals surface area contributed by atoms with Crippen molar-refractivity contribution >= 4 is 34.4 Å². The first-order valence-electron chi connectivity index (χ1n) is 11.5. The number of nitro groups is 2. The van der Waals surface area contributed by atoms with Crippen molar-refractivity contribution in [1.82, 2.24) is 4.98 Å². The number of oxazole rings is 1. The van der Waals surface area contributed by atoms with E-state index in [4.69, 9.17) is 9.15 Å². The fourth-order valence-electron chi connectivity index (χ4n) is 3.78. The molecule has 0 amide bonds. The fourth-order valence-corrected chi connectivity index (χ4v) is 3.78. The highest BCUT2D eigenvalue weighted by atomic mass is 16.6. The minimum absolute atomic E-state index is 0.106. The summed E-state index contributed by atoms with van der Waals surface area (Å²) >= 11 is 0. The molecule has 10 heteroatoms. The van der Waals surface area contributed by atoms with Crippen molar-refractivity contribution in [3.05, 3.63) is 116 Å². The van der Waals surface area contributed by atoms with Gasteiger partial charge in [0.15, 0.2) is 5.58 Å². The van der Waals surface area contributed by atoms with Crippen LogP contribution >= 0.6 is 0 Å². The third-order valence-corrected chi connectivity index (χ3v) is 5.92. The smallest absolute Gasteiger partial charge is 0.318 e. The zero-order valence-corrected chi connectivity index (χ0v) is 20.3. The second kappa shape index (κ2) is 9.94. The molecule has 0 saturated carbocycles. The molecule has 0 aliphatic heterocycles. The lowest BCUT2D eigenvalue weighted by Gasteiger charge is -2.07. The zero-order chi connectivity index (χ0) is 26.8. The minimum Gasteiger partial charge on any atom is -0.450 e. The van der Waals surface area contributed by atoms with E-state index in [1.54, 1.807) is 30.5 Å². The first-order chi connectivity index (χ1) is 18.3. The molecule has 0 N–H and O–H groups in total. The maximum absolute atomic E-state index is 11.4. The molecule has 0 bridgehead atoms. The Hall–Kier alpha value is -5.38. The number of hydrogen-bond donors (Lipinski definition) is 0. The van der Waals surface area contributed by atoms with Crippen LogP contribution in [-0.2, 0) is 0 Å². The minimum atomic E-state index is -0.723. The molecule has 1 heterocycles. The first kappa shape index (κ1) is 24.3. The largest absolute Gasteiger partial charge is 0.450 e. The van der Waals surface area contributed by atoms with Gasteiger partial charge in [0.2, 0.25) is 11.6 Å². The molecular weight excluding hydrogens is 488 g/mol. The monoisotopic (exact) mass is 508 g/mol. The van der Waals surface area contributed by atoms with Crippen molar-refractivity contribution in [2.75, 3.05) is 0 Å². The Morgan fingerprint density at radius 1 is 0.895 bits per heavy atom. The van der Waals surface area contributed by atoms with E-state index < -0.39 is 21.2 Å². The summed E-state index contributed by atoms with van der Waals surface area (Å²) in [5.74, 6) is 0.746. The topological polar surface area (TPSA) is 134 Å². The number of nitrogens with zero attached hydrogens (tertiary/aromatic N) is 4. The predicted molar refractivity (Wildman–Crippen MR) is 142 cm³/mol. The van der Waals surface area contributed by atoms with Gasteiger partial charge in [-0.15, -0.1) is 0 Å². The van der Waals surface area contributed by atoms with Crippen LogP contribution in [0.25, 0.3) is 22.6 Å². The summed E-state index contributed by atoms with van der Waals surface area (Å²) in [5, 5.41) is 22.3. The summed E-state index contributed by atoms with van der Waals surface area (Å²) in [4.78, 5) is 30.0. The number of aryl methyl sites for hydroxylation is 2. The lowest BCUT2D eigenvalue weighted by molar-refractivity contribution is -0.394. The van der Waals surface area contributed by atoms with Gasteiger partial charge >= 0.3 is 5.69 Å². The summed E-state index contributed by atoms with van der Waals surface area (Å²) in [6, 6.07) is 21.5. The third-order valence-electron chi connectivity index (χ3n) is 5.92. The molecule has 0 fully saturated rings. The third kappa shape index (κ3) is 5.09. The molecular formula is C28H20N4O6. The maximum Gasteiger partial charge on any atom is 0.318 e. The van der Waals surface area contributed by atoms with Crippen LogP contribution in [0.5, 0.6) is 11.5 Å². The number of non-ortho nitro benzene ring substituents is 1. The number of ether oxygens (including phenoxy) is 1. The van der Waals surface area contributed by atoms with Crippen LogP contribution in [0.15, 0.2) is 88.3 Å². The molecule has 1 aromatic heterocycles. The summed E-state index contributed by atoms with van der Waals surface area (Å²) in [7, 11) is 0. The lowest BCUT2D eigenvalue weighted by Crippen LogP contribution is -1.96. The number of aromatic nitrogens is 1. The van der Waals surface area contributed by atoms with E-state index in [9.17, 15) is 20.2 Å². The Kier molecular flexibility index (Phi) is 6.36. The molecule has 0 radical (unpaired) electrons. The summed E-state index contributed by atoms with van der Waals surface area (Å²) < 4.78 is 11.6. The molecule has 0 aliphatic rings. The number of fused-ring (bicyclic) bond motifs is 1. The molecule has 4 aromatic carbocycles. The number of rotatable bonds is 7. The van der Waals surface area contributed by atoms with Gasteiger partial charge in [-0.05, 0) is 79.1 Å². The second-order valence-electron chi connectivity index (χ2n) is 8.57. The van der Waals surface area contributed by atoms with E-state index in [1.165, 1.54) is 11.6 Å². The predicted octanol–water partition coefficient (Wildman–Crippen LogP) is 7.47. The van der Waals surface area contributed by atoms with Gasteiger partial charge in [-0.2, -0.15) is 0 Å². The van der Waals surface area contributed by atoms with Crippen LogP contribution in [0.4, 0.5) is 17.1 Å². The van der Waals surface area contributed by atoms with Crippen LogP contribution in [0.3, 0.4) is 0 Å². The van der Waals surface area contributed by atoms with E-state index in [1.807, 2.05) is 43.3 Å². The van der Waals surface area contributed by atoms with Crippen LogP contribution in [0.2, 0.25) is 0 Å². The zero-order valence-electron chi connectivity index (χ0n) is 20.3. The fraction of sp³-hybridized carbons (Fsp3) is 0.0714. The van der Waals surface area contributed by atoms with Gasteiger partial charge in [0.05, 0.1) is 21.6 Å². The molecule has 188 valence electrons. The first-order valence-corrected chi connectivity index (χ1v) is 11.5. The molecule has 10 nitrogen and oxygen atoms in total. The lowest BCUT2D eigenvalue weighted by atomic mass is 10.1. The Labute approximate surface area is 216 Å². The highest BCUT2D eigenvalue weighted by Crippen LogP contribution is 2.34. The molecule has 0 atom stereocenters. The van der Waals surface area contributed by atoms with Crippen molar-refractivity contribution in [2.45, 2.75) is 13.8 Å². The number of aliphatic imine (C=N–C) groups is 1. The van der Waals surface area contributed by atoms with Gasteiger partial charge in [-0.3, -0.25) is 25.2 Å². The quantitative estimate of drug-likeness (QED) is 0.126. The molecule has 0 spiro atoms. The van der Waals surface area contributed by atoms with Gasteiger partial charge in [0.1, 0.15) is 11.3 Å². The van der Waals surface area contributed by atoms with Crippen LogP contribution in [0, 0.1) is 34.1 Å². The summed E-state index contributed by atoms with van der Waals surface area (Å²) in [6.45, 7) is 4.10. The maximum atomic E-state index is 11.4. The van der Waals surface area contributed by atoms with Crippen molar-refractivity contribution < 1.29 is 19.0 Å². The average Bonchev–Trinajstić information content (AvgIpc) is 3.33. The van der Waals surface area contributed by atoms with E-state index in [0.717, 1.165) is 23.3 Å². The van der Waals surface area contributed by atoms with Crippen molar-refractivity contribution in [3.63, 3.8) is 0 Å². The molecule has 38 heavy (non-hydrogen) atoms. The number of benzene rings is 4. The van der Waals surface area contributed by atoms with Gasteiger partial charge in [0, 0.05) is 17.8 Å². The standard InChI is InChI=1S/C28H20N4O6/c1-17-6-7-20(12-18(17)2)28-30-24-14-21(8-10-26(24)38-28)29-16-19-4-3-5-23(13-19)37-27-11-9-22(31(33)34)15-25(27)32(35)36/h3-16H,1-2H3. The van der Waals surface area contributed by atoms with E-state index in [0.29, 0.717) is 34.0 Å². The van der Waals surface area contributed by atoms with E-state index >= 15 is 0 Å². The van der Waals surface area contributed by atoms with Gasteiger partial charge in [0.25, 0.3) is 5.69 Å². The van der Waals surface area contributed by atoms with Crippen LogP contribution in [-0.4, -0.2) is 21.0 Å². The highest BCUT2D eigenvalue weighted by Gasteiger charge is 2.21. The molecule has 5 rings (SSSR count). The molecule has 0 unspecified atom stereocenters. The van der Waals surface area contributed by atoms with Crippen molar-refractivity contribution in [2.24, 2.45) is 4.99 Å². The Morgan fingerprint density at radius 3 is 2.50 bits per heavy atom. The number of nitro benzene ring substituents is 2. The SMILES string of the molecule is Cc1ccc(-c2nc3cc(N=Cc4cccc(Oc5ccc([N+](=O)[O-])cc5[N+](=O)[O-])c4)ccc3o2)cc1C. The van der Waals surface area contributed by atoms with Gasteiger partial charge in [-0.25, -0.2) is 4.98 Å². The van der Waals surface area contributed by atoms with Crippen molar-refractivity contribution in [1.29, 1.82) is 0 Å². The summed E-state index contributed by atoms with van der Waals surface area (Å²) in [5.41, 5.74) is 5.03. The highest BCUT2D eigenvalue weighted by molar-refractivity contribution is 5.85. The number of hydrogen-bond acceptors (Lipinski definition) is 8. The molecule has 0 saturated heterocycles. The van der Waals surface area contributed by atoms with Gasteiger partial charge < -0.3 is 9.15 Å². The molecule has 0 aliphatic carbocycles. The van der Waals surface area contributed by atoms with E-state index in [-0.39, 0.29) is 5.75 Å². The second-order valence-corrected chi connectivity index (χ2v) is 8.57. The Morgan fingerprint density at radius 2 is 1.74 bits per heavy atom. The van der Waals surface area contributed by atoms with Crippen LogP contribution in [0.1, 0.15) is 16.7 Å². The van der Waals surface area contributed by atoms with E-state index in [2.05, 4.69) is 16.9 Å². The Bertz CT molecular complexity index is 1740. The van der Waals surface area contributed by atoms with Crippen molar-refractivity contribution in [3.8, 4) is 23.0 Å².